The van der Waals surface area contributed by atoms with Crippen molar-refractivity contribution in [3.63, 3.8) is 0 Å². The summed E-state index contributed by atoms with van der Waals surface area (Å²) in [6.45, 7) is 8.11. The van der Waals surface area contributed by atoms with Crippen LogP contribution in [0.3, 0.4) is 0 Å². The van der Waals surface area contributed by atoms with Crippen LogP contribution in [0.2, 0.25) is 0 Å². The average molecular weight is 300 g/mol. The summed E-state index contributed by atoms with van der Waals surface area (Å²) >= 11 is 0. The first-order chi connectivity index (χ1) is 9.68. The number of rotatable bonds is 7. The van der Waals surface area contributed by atoms with E-state index in [4.69, 9.17) is 0 Å². The maximum Gasteiger partial charge on any atom is 0.242 e. The Kier molecular flexibility index (Phi) is 8.03. The highest BCUT2D eigenvalue weighted by atomic mass is 16.2. The van der Waals surface area contributed by atoms with Gasteiger partial charge in [0.2, 0.25) is 23.6 Å². The third-order valence-corrected chi connectivity index (χ3v) is 2.67. The minimum atomic E-state index is -0.814. The first-order valence-corrected chi connectivity index (χ1v) is 6.84. The Hall–Kier alpha value is -2.12. The molecule has 0 fully saturated rings. The predicted octanol–water partition coefficient (Wildman–Crippen LogP) is -1.34. The van der Waals surface area contributed by atoms with Crippen molar-refractivity contribution in [2.24, 2.45) is 0 Å². The van der Waals surface area contributed by atoms with E-state index < -0.39 is 29.9 Å². The second-order valence-electron chi connectivity index (χ2n) is 4.78. The van der Waals surface area contributed by atoms with Gasteiger partial charge < -0.3 is 21.3 Å². The predicted molar refractivity (Wildman–Crippen MR) is 77.2 cm³/mol. The van der Waals surface area contributed by atoms with Crippen molar-refractivity contribution >= 4 is 23.6 Å². The van der Waals surface area contributed by atoms with Gasteiger partial charge in [-0.15, -0.1) is 0 Å². The molecule has 0 saturated heterocycles. The van der Waals surface area contributed by atoms with Crippen molar-refractivity contribution in [2.45, 2.75) is 52.7 Å². The minimum absolute atomic E-state index is 0.295. The molecule has 3 atom stereocenters. The maximum atomic E-state index is 11.8. The van der Waals surface area contributed by atoms with Crippen molar-refractivity contribution in [1.29, 1.82) is 0 Å². The summed E-state index contributed by atoms with van der Waals surface area (Å²) < 4.78 is 0. The molecule has 3 unspecified atom stereocenters. The van der Waals surface area contributed by atoms with E-state index in [1.54, 1.807) is 13.8 Å². The number of nitrogens with one attached hydrogen (secondary N) is 4. The monoisotopic (exact) mass is 300 g/mol. The Balaban J connectivity index is 4.36. The normalized spacial score (nSPS) is 14.3. The van der Waals surface area contributed by atoms with Crippen LogP contribution in [0.5, 0.6) is 0 Å². The molecular weight excluding hydrogens is 276 g/mol. The van der Waals surface area contributed by atoms with Gasteiger partial charge >= 0.3 is 0 Å². The van der Waals surface area contributed by atoms with Gasteiger partial charge in [0.15, 0.2) is 0 Å². The highest BCUT2D eigenvalue weighted by molar-refractivity contribution is 5.93. The summed E-state index contributed by atoms with van der Waals surface area (Å²) in [5.41, 5.74) is 0. The standard InChI is InChI=1S/C13H24N4O4/c1-6-14-11(19)7(2)16-13(21)9(4)17-12(20)8(3)15-10(5)18/h7-9H,6H2,1-5H3,(H,14,19)(H,15,18)(H,16,21)(H,17,20). The van der Waals surface area contributed by atoms with Gasteiger partial charge in [-0.3, -0.25) is 19.2 Å². The molecule has 0 aliphatic rings. The summed E-state index contributed by atoms with van der Waals surface area (Å²) in [6.07, 6.45) is 0. The molecule has 0 aliphatic heterocycles. The average Bonchev–Trinajstić information content (AvgIpc) is 2.37. The number of carbonyl (C=O) groups is 4. The fourth-order valence-electron chi connectivity index (χ4n) is 1.51. The number of hydrogen-bond donors (Lipinski definition) is 4. The highest BCUT2D eigenvalue weighted by Crippen LogP contribution is 1.90. The zero-order chi connectivity index (χ0) is 16.6. The number of carbonyl (C=O) groups excluding carboxylic acids is 4. The van der Waals surface area contributed by atoms with Crippen molar-refractivity contribution < 1.29 is 19.2 Å². The van der Waals surface area contributed by atoms with E-state index >= 15 is 0 Å². The number of likely N-dealkylation sites (N-methyl/N-ethyl adjacent to an activating group) is 1. The van der Waals surface area contributed by atoms with Gasteiger partial charge in [-0.05, 0) is 27.7 Å². The molecule has 0 aromatic rings. The maximum absolute atomic E-state index is 11.8. The summed E-state index contributed by atoms with van der Waals surface area (Å²) in [4.78, 5) is 45.9. The molecule has 0 bridgehead atoms. The van der Waals surface area contributed by atoms with Crippen LogP contribution >= 0.6 is 0 Å². The van der Waals surface area contributed by atoms with Gasteiger partial charge in [-0.2, -0.15) is 0 Å². The van der Waals surface area contributed by atoms with Crippen molar-refractivity contribution in [3.8, 4) is 0 Å². The second kappa shape index (κ2) is 8.93. The van der Waals surface area contributed by atoms with Crippen molar-refractivity contribution in [2.75, 3.05) is 6.54 Å². The molecule has 21 heavy (non-hydrogen) atoms. The molecule has 0 aromatic carbocycles. The smallest absolute Gasteiger partial charge is 0.242 e. The Morgan fingerprint density at radius 2 is 1.14 bits per heavy atom. The summed E-state index contributed by atoms with van der Waals surface area (Å²) in [5, 5.41) is 9.96. The largest absolute Gasteiger partial charge is 0.355 e. The molecule has 120 valence electrons. The van der Waals surface area contributed by atoms with E-state index in [0.717, 1.165) is 0 Å². The lowest BCUT2D eigenvalue weighted by Gasteiger charge is -2.20. The third kappa shape index (κ3) is 7.28. The minimum Gasteiger partial charge on any atom is -0.355 e. The zero-order valence-electron chi connectivity index (χ0n) is 13.1. The van der Waals surface area contributed by atoms with Gasteiger partial charge in [0.05, 0.1) is 0 Å². The third-order valence-electron chi connectivity index (χ3n) is 2.67. The van der Waals surface area contributed by atoms with Crippen LogP contribution in [-0.2, 0) is 19.2 Å². The Morgan fingerprint density at radius 3 is 1.52 bits per heavy atom. The van der Waals surface area contributed by atoms with Gasteiger partial charge in [-0.25, -0.2) is 0 Å². The molecule has 0 rings (SSSR count). The second-order valence-corrected chi connectivity index (χ2v) is 4.78. The molecular formula is C13H24N4O4. The van der Waals surface area contributed by atoms with E-state index in [9.17, 15) is 19.2 Å². The Morgan fingerprint density at radius 1 is 0.762 bits per heavy atom. The van der Waals surface area contributed by atoms with Gasteiger partial charge in [0.1, 0.15) is 18.1 Å². The van der Waals surface area contributed by atoms with E-state index in [0.29, 0.717) is 6.54 Å². The molecule has 4 amide bonds. The van der Waals surface area contributed by atoms with Crippen molar-refractivity contribution in [1.82, 2.24) is 21.3 Å². The lowest BCUT2D eigenvalue weighted by molar-refractivity contribution is -0.132. The molecule has 8 heteroatoms. The van der Waals surface area contributed by atoms with Gasteiger partial charge in [0.25, 0.3) is 0 Å². The number of hydrogen-bond acceptors (Lipinski definition) is 4. The first-order valence-electron chi connectivity index (χ1n) is 6.84. The van der Waals surface area contributed by atoms with Crippen LogP contribution in [-0.4, -0.2) is 48.3 Å². The summed E-state index contributed by atoms with van der Waals surface area (Å²) in [6, 6.07) is -2.24. The molecule has 8 nitrogen and oxygen atoms in total. The molecule has 0 aliphatic carbocycles. The van der Waals surface area contributed by atoms with Crippen LogP contribution in [0, 0.1) is 0 Å². The van der Waals surface area contributed by atoms with E-state index in [1.165, 1.54) is 20.8 Å². The van der Waals surface area contributed by atoms with E-state index in [2.05, 4.69) is 21.3 Å². The molecule has 0 aromatic heterocycles. The van der Waals surface area contributed by atoms with E-state index in [1.807, 2.05) is 0 Å². The fraction of sp³-hybridized carbons (Fsp3) is 0.692. The quantitative estimate of drug-likeness (QED) is 0.465. The summed E-state index contributed by atoms with van der Waals surface area (Å²) in [7, 11) is 0. The summed E-state index contributed by atoms with van der Waals surface area (Å²) in [5.74, 6) is -1.58. The molecule has 0 saturated carbocycles. The lowest BCUT2D eigenvalue weighted by atomic mass is 10.2. The lowest BCUT2D eigenvalue weighted by Crippen LogP contribution is -2.54. The fourth-order valence-corrected chi connectivity index (χ4v) is 1.51. The molecule has 0 spiro atoms. The molecule has 4 N–H and O–H groups in total. The first kappa shape index (κ1) is 18.9. The van der Waals surface area contributed by atoms with Crippen LogP contribution in [0.15, 0.2) is 0 Å². The van der Waals surface area contributed by atoms with Crippen LogP contribution in [0.25, 0.3) is 0 Å². The van der Waals surface area contributed by atoms with Crippen molar-refractivity contribution in [3.05, 3.63) is 0 Å². The molecule has 0 heterocycles. The molecule has 0 radical (unpaired) electrons. The van der Waals surface area contributed by atoms with Crippen LogP contribution in [0.4, 0.5) is 0 Å². The topological polar surface area (TPSA) is 116 Å². The van der Waals surface area contributed by atoms with Crippen LogP contribution < -0.4 is 21.3 Å². The zero-order valence-corrected chi connectivity index (χ0v) is 13.1. The Bertz CT molecular complexity index is 411. The van der Waals surface area contributed by atoms with E-state index in [-0.39, 0.29) is 11.8 Å². The van der Waals surface area contributed by atoms with Crippen LogP contribution in [0.1, 0.15) is 34.6 Å². The highest BCUT2D eigenvalue weighted by Gasteiger charge is 2.22. The van der Waals surface area contributed by atoms with Gasteiger partial charge in [0, 0.05) is 13.5 Å². The SMILES string of the molecule is CCNC(=O)C(C)NC(=O)C(C)NC(=O)C(C)NC(C)=O. The Labute approximate surface area is 124 Å². The van der Waals surface area contributed by atoms with Gasteiger partial charge in [-0.1, -0.05) is 0 Å². The number of amides is 4.